The average Bonchev–Trinajstić information content (AvgIpc) is 2.51. The summed E-state index contributed by atoms with van der Waals surface area (Å²) in [7, 11) is 0. The van der Waals surface area contributed by atoms with Gasteiger partial charge in [0.1, 0.15) is 17.3 Å². The molecule has 106 valence electrons. The maximum atomic E-state index is 13.6. The number of anilines is 1. The van der Waals surface area contributed by atoms with Crippen LogP contribution >= 0.6 is 0 Å². The molecule has 0 fully saturated rings. The van der Waals surface area contributed by atoms with Crippen molar-refractivity contribution in [3.8, 4) is 6.07 Å². The van der Waals surface area contributed by atoms with Gasteiger partial charge in [-0.1, -0.05) is 18.2 Å². The topological polar surface area (TPSA) is 52.9 Å². The largest absolute Gasteiger partial charge is 0.317 e. The van der Waals surface area contributed by atoms with Gasteiger partial charge >= 0.3 is 0 Å². The maximum absolute atomic E-state index is 13.6. The lowest BCUT2D eigenvalue weighted by molar-refractivity contribution is 0.102. The van der Waals surface area contributed by atoms with Crippen LogP contribution in [-0.4, -0.2) is 5.91 Å². The van der Waals surface area contributed by atoms with Crippen LogP contribution < -0.4 is 5.32 Å². The lowest BCUT2D eigenvalue weighted by Gasteiger charge is -2.10. The number of amides is 1. The SMILES string of the molecule is N#Cc1c(F)c(F)c(NC(=O)c2ccccc2)c(F)c1F. The monoisotopic (exact) mass is 294 g/mol. The van der Waals surface area contributed by atoms with E-state index >= 15 is 0 Å². The number of hydrogen-bond acceptors (Lipinski definition) is 2. The zero-order valence-electron chi connectivity index (χ0n) is 10.3. The molecule has 7 heteroatoms. The molecule has 2 aromatic carbocycles. The van der Waals surface area contributed by atoms with Crippen LogP contribution in [0.15, 0.2) is 30.3 Å². The average molecular weight is 294 g/mol. The summed E-state index contributed by atoms with van der Waals surface area (Å²) in [5.74, 6) is -8.35. The summed E-state index contributed by atoms with van der Waals surface area (Å²) < 4.78 is 54.0. The van der Waals surface area contributed by atoms with Crippen LogP contribution in [0.25, 0.3) is 0 Å². The number of nitriles is 1. The highest BCUT2D eigenvalue weighted by atomic mass is 19.2. The third-order valence-electron chi connectivity index (χ3n) is 2.65. The van der Waals surface area contributed by atoms with Crippen LogP contribution in [0.2, 0.25) is 0 Å². The molecule has 1 N–H and O–H groups in total. The van der Waals surface area contributed by atoms with E-state index in [2.05, 4.69) is 0 Å². The van der Waals surface area contributed by atoms with E-state index in [-0.39, 0.29) is 5.56 Å². The highest BCUT2D eigenvalue weighted by molar-refractivity contribution is 6.04. The van der Waals surface area contributed by atoms with Crippen molar-refractivity contribution in [1.82, 2.24) is 0 Å². The van der Waals surface area contributed by atoms with E-state index < -0.39 is 40.4 Å². The Labute approximate surface area is 116 Å². The van der Waals surface area contributed by atoms with Crippen molar-refractivity contribution >= 4 is 11.6 Å². The van der Waals surface area contributed by atoms with Crippen molar-refractivity contribution in [3.05, 3.63) is 64.7 Å². The van der Waals surface area contributed by atoms with Gasteiger partial charge in [-0.2, -0.15) is 5.26 Å². The molecule has 0 spiro atoms. The molecule has 0 aliphatic carbocycles. The van der Waals surface area contributed by atoms with E-state index in [1.807, 2.05) is 0 Å². The Morgan fingerprint density at radius 1 is 0.952 bits per heavy atom. The van der Waals surface area contributed by atoms with Crippen molar-refractivity contribution in [2.75, 3.05) is 5.32 Å². The van der Waals surface area contributed by atoms with Crippen molar-refractivity contribution in [3.63, 3.8) is 0 Å². The molecule has 0 aliphatic heterocycles. The highest BCUT2D eigenvalue weighted by Crippen LogP contribution is 2.28. The highest BCUT2D eigenvalue weighted by Gasteiger charge is 2.26. The van der Waals surface area contributed by atoms with Gasteiger partial charge in [0.25, 0.3) is 5.91 Å². The first-order chi connectivity index (χ1) is 9.97. The third-order valence-corrected chi connectivity index (χ3v) is 2.65. The number of carbonyl (C=O) groups excluding carboxylic acids is 1. The first kappa shape index (κ1) is 14.5. The fourth-order valence-corrected chi connectivity index (χ4v) is 1.61. The van der Waals surface area contributed by atoms with Gasteiger partial charge in [0, 0.05) is 5.56 Å². The van der Waals surface area contributed by atoms with Crippen molar-refractivity contribution in [2.24, 2.45) is 0 Å². The van der Waals surface area contributed by atoms with Gasteiger partial charge in [-0.15, -0.1) is 0 Å². The number of nitrogens with one attached hydrogen (secondary N) is 1. The number of nitrogens with zero attached hydrogens (tertiary/aromatic N) is 1. The molecular weight excluding hydrogens is 288 g/mol. The van der Waals surface area contributed by atoms with Crippen molar-refractivity contribution in [2.45, 2.75) is 0 Å². The van der Waals surface area contributed by atoms with Crippen molar-refractivity contribution < 1.29 is 22.4 Å². The summed E-state index contributed by atoms with van der Waals surface area (Å²) in [6.07, 6.45) is 0. The van der Waals surface area contributed by atoms with Gasteiger partial charge in [-0.3, -0.25) is 4.79 Å². The summed E-state index contributed by atoms with van der Waals surface area (Å²) >= 11 is 0. The predicted octanol–water partition coefficient (Wildman–Crippen LogP) is 3.37. The van der Waals surface area contributed by atoms with E-state index in [9.17, 15) is 22.4 Å². The molecular formula is C14H6F4N2O. The van der Waals surface area contributed by atoms with E-state index in [1.165, 1.54) is 24.3 Å². The molecule has 21 heavy (non-hydrogen) atoms. The molecule has 0 saturated heterocycles. The first-order valence-electron chi connectivity index (χ1n) is 5.59. The second-order valence-electron chi connectivity index (χ2n) is 3.94. The molecule has 1 amide bonds. The molecule has 2 rings (SSSR count). The number of benzene rings is 2. The van der Waals surface area contributed by atoms with Gasteiger partial charge in [0.15, 0.2) is 23.3 Å². The molecule has 2 aromatic rings. The molecule has 0 radical (unpaired) electrons. The molecule has 0 saturated carbocycles. The van der Waals surface area contributed by atoms with E-state index in [0.29, 0.717) is 0 Å². The minimum absolute atomic E-state index is 0.0430. The minimum Gasteiger partial charge on any atom is -0.317 e. The molecule has 0 heterocycles. The van der Waals surface area contributed by atoms with Crippen LogP contribution in [0, 0.1) is 34.6 Å². The molecule has 0 aromatic heterocycles. The molecule has 0 bridgehead atoms. The quantitative estimate of drug-likeness (QED) is 0.682. The Morgan fingerprint density at radius 2 is 1.48 bits per heavy atom. The minimum atomic E-state index is -1.86. The second-order valence-corrected chi connectivity index (χ2v) is 3.94. The Kier molecular flexibility index (Phi) is 3.89. The summed E-state index contributed by atoms with van der Waals surface area (Å²) in [5.41, 5.74) is -2.62. The van der Waals surface area contributed by atoms with Gasteiger partial charge in [-0.25, -0.2) is 17.6 Å². The molecule has 0 unspecified atom stereocenters. The fourth-order valence-electron chi connectivity index (χ4n) is 1.61. The Bertz CT molecular complexity index is 725. The summed E-state index contributed by atoms with van der Waals surface area (Å²) in [6, 6.07) is 8.33. The number of rotatable bonds is 2. The number of hydrogen-bond donors (Lipinski definition) is 1. The van der Waals surface area contributed by atoms with Gasteiger partial charge in [-0.05, 0) is 12.1 Å². The van der Waals surface area contributed by atoms with Crippen molar-refractivity contribution in [1.29, 1.82) is 5.26 Å². The van der Waals surface area contributed by atoms with Gasteiger partial charge in [0.2, 0.25) is 0 Å². The van der Waals surface area contributed by atoms with Crippen LogP contribution in [0.3, 0.4) is 0 Å². The maximum Gasteiger partial charge on any atom is 0.255 e. The lowest BCUT2D eigenvalue weighted by Crippen LogP contribution is -2.16. The Morgan fingerprint density at radius 3 is 1.95 bits per heavy atom. The van der Waals surface area contributed by atoms with Gasteiger partial charge in [0.05, 0.1) is 0 Å². The summed E-state index contributed by atoms with van der Waals surface area (Å²) in [5, 5.41) is 10.2. The Balaban J connectivity index is 2.47. The number of halogens is 4. The Hall–Kier alpha value is -2.88. The smallest absolute Gasteiger partial charge is 0.255 e. The number of carbonyl (C=O) groups is 1. The lowest BCUT2D eigenvalue weighted by atomic mass is 10.1. The zero-order chi connectivity index (χ0) is 15.6. The molecule has 0 aliphatic rings. The van der Waals surface area contributed by atoms with Crippen LogP contribution in [0.5, 0.6) is 0 Å². The van der Waals surface area contributed by atoms with E-state index in [0.717, 1.165) is 6.07 Å². The molecule has 0 atom stereocenters. The van der Waals surface area contributed by atoms with Crippen LogP contribution in [0.4, 0.5) is 23.2 Å². The third kappa shape index (κ3) is 2.56. The van der Waals surface area contributed by atoms with Gasteiger partial charge < -0.3 is 5.32 Å². The van der Waals surface area contributed by atoms with E-state index in [1.54, 1.807) is 11.4 Å². The normalized spacial score (nSPS) is 10.0. The summed E-state index contributed by atoms with van der Waals surface area (Å²) in [4.78, 5) is 11.7. The fraction of sp³-hybridized carbons (Fsp3) is 0. The van der Waals surface area contributed by atoms with Crippen LogP contribution in [0.1, 0.15) is 15.9 Å². The molecule has 3 nitrogen and oxygen atoms in total. The van der Waals surface area contributed by atoms with E-state index in [4.69, 9.17) is 5.26 Å². The standard InChI is InChI=1S/C14H6F4N2O/c15-9-8(6-19)10(16)12(18)13(11(9)17)20-14(21)7-4-2-1-3-5-7/h1-5H,(H,20,21). The summed E-state index contributed by atoms with van der Waals surface area (Å²) in [6.45, 7) is 0. The first-order valence-corrected chi connectivity index (χ1v) is 5.59. The second kappa shape index (κ2) is 5.63. The zero-order valence-corrected chi connectivity index (χ0v) is 10.3. The van der Waals surface area contributed by atoms with Crippen LogP contribution in [-0.2, 0) is 0 Å². The predicted molar refractivity (Wildman–Crippen MR) is 65.4 cm³/mol.